The van der Waals surface area contributed by atoms with Crippen LogP contribution in [0.3, 0.4) is 0 Å². The van der Waals surface area contributed by atoms with Crippen LogP contribution >= 0.6 is 0 Å². The van der Waals surface area contributed by atoms with Crippen LogP contribution in [-0.4, -0.2) is 61.5 Å². The van der Waals surface area contributed by atoms with Gasteiger partial charge in [-0.2, -0.15) is 0 Å². The Balaban J connectivity index is 1.65. The number of rotatable bonds is 7. The zero-order valence-corrected chi connectivity index (χ0v) is 20.3. The average molecular weight is 470 g/mol. The van der Waals surface area contributed by atoms with Gasteiger partial charge in [0.2, 0.25) is 17.4 Å². The van der Waals surface area contributed by atoms with Crippen molar-refractivity contribution in [3.8, 4) is 23.0 Å². The zero-order valence-electron chi connectivity index (χ0n) is 20.3. The second kappa shape index (κ2) is 10.6. The third kappa shape index (κ3) is 4.53. The van der Waals surface area contributed by atoms with Gasteiger partial charge in [0.1, 0.15) is 0 Å². The molecular weight excluding hydrogens is 434 g/mol. The Morgan fingerprint density at radius 3 is 2.47 bits per heavy atom. The van der Waals surface area contributed by atoms with Crippen molar-refractivity contribution >= 4 is 5.91 Å². The van der Waals surface area contributed by atoms with Gasteiger partial charge in [0, 0.05) is 36.6 Å². The molecule has 184 valence electrons. The van der Waals surface area contributed by atoms with Crippen molar-refractivity contribution in [3.05, 3.63) is 46.5 Å². The summed E-state index contributed by atoms with van der Waals surface area (Å²) in [6.45, 7) is 4.35. The molecule has 7 nitrogen and oxygen atoms in total. The second-order valence-corrected chi connectivity index (χ2v) is 9.16. The van der Waals surface area contributed by atoms with E-state index in [1.807, 2.05) is 24.0 Å². The van der Waals surface area contributed by atoms with Gasteiger partial charge >= 0.3 is 0 Å². The highest BCUT2D eigenvalue weighted by Gasteiger charge is 2.36. The van der Waals surface area contributed by atoms with Crippen molar-refractivity contribution in [1.29, 1.82) is 0 Å². The van der Waals surface area contributed by atoms with Crippen LogP contribution < -0.4 is 9.47 Å². The molecule has 0 radical (unpaired) electrons. The van der Waals surface area contributed by atoms with E-state index in [-0.39, 0.29) is 40.7 Å². The van der Waals surface area contributed by atoms with Crippen molar-refractivity contribution in [2.24, 2.45) is 5.92 Å². The number of ether oxygens (including phenoxy) is 3. The quantitative estimate of drug-likeness (QED) is 0.593. The molecule has 0 bridgehead atoms. The summed E-state index contributed by atoms with van der Waals surface area (Å²) < 4.78 is 16.1. The van der Waals surface area contributed by atoms with Gasteiger partial charge in [-0.25, -0.2) is 0 Å². The van der Waals surface area contributed by atoms with Crippen molar-refractivity contribution in [2.45, 2.75) is 44.9 Å². The Hall–Kier alpha value is -2.93. The van der Waals surface area contributed by atoms with Gasteiger partial charge in [-0.1, -0.05) is 24.3 Å². The van der Waals surface area contributed by atoms with Crippen molar-refractivity contribution in [2.75, 3.05) is 40.5 Å². The van der Waals surface area contributed by atoms with Crippen LogP contribution in [0.4, 0.5) is 0 Å². The lowest BCUT2D eigenvalue weighted by molar-refractivity contribution is -0.135. The van der Waals surface area contributed by atoms with Gasteiger partial charge in [-0.15, -0.1) is 0 Å². The predicted molar refractivity (Wildman–Crippen MR) is 129 cm³/mol. The molecule has 1 amide bonds. The highest BCUT2D eigenvalue weighted by molar-refractivity contribution is 5.76. The first-order valence-corrected chi connectivity index (χ1v) is 12.1. The molecule has 0 spiro atoms. The molecule has 4 rings (SSSR count). The number of carbonyl (C=O) groups excluding carboxylic acids is 1. The van der Waals surface area contributed by atoms with Crippen molar-refractivity contribution in [3.63, 3.8) is 0 Å². The molecule has 1 aliphatic carbocycles. The van der Waals surface area contributed by atoms with Crippen LogP contribution in [0.1, 0.15) is 53.9 Å². The molecule has 0 aromatic heterocycles. The van der Waals surface area contributed by atoms with E-state index >= 15 is 0 Å². The number of aryl methyl sites for hydroxylation is 1. The van der Waals surface area contributed by atoms with Crippen LogP contribution in [-0.2, 0) is 16.0 Å². The first-order chi connectivity index (χ1) is 16.5. The molecule has 34 heavy (non-hydrogen) atoms. The predicted octanol–water partition coefficient (Wildman–Crippen LogP) is 4.15. The summed E-state index contributed by atoms with van der Waals surface area (Å²) in [6.07, 6.45) is 4.03. The average Bonchev–Trinajstić information content (AvgIpc) is 2.87. The highest BCUT2D eigenvalue weighted by atomic mass is 16.5. The summed E-state index contributed by atoms with van der Waals surface area (Å²) in [5, 5.41) is 22.2. The lowest BCUT2D eigenvalue weighted by atomic mass is 9.69. The fourth-order valence-electron chi connectivity index (χ4n) is 5.59. The third-order valence-electron chi connectivity index (χ3n) is 7.35. The number of aromatic hydroxyl groups is 2. The maximum Gasteiger partial charge on any atom is 0.222 e. The largest absolute Gasteiger partial charge is 0.504 e. The summed E-state index contributed by atoms with van der Waals surface area (Å²) in [6, 6.07) is 8.30. The number of phenols is 2. The van der Waals surface area contributed by atoms with Crippen molar-refractivity contribution < 1.29 is 29.2 Å². The van der Waals surface area contributed by atoms with Gasteiger partial charge < -0.3 is 29.3 Å². The van der Waals surface area contributed by atoms with E-state index in [9.17, 15) is 15.0 Å². The Labute approximate surface area is 201 Å². The summed E-state index contributed by atoms with van der Waals surface area (Å²) >= 11 is 0. The SMILES string of the molecule is COc1c(O)c(C)c(C2c3ccccc3CCC2CCCC(=O)N2CCOCC2)c(O)c1OC. The summed E-state index contributed by atoms with van der Waals surface area (Å²) in [5.74, 6) is 0.549. The molecule has 2 aromatic carbocycles. The number of methoxy groups -OCH3 is 2. The van der Waals surface area contributed by atoms with E-state index in [4.69, 9.17) is 14.2 Å². The maximum absolute atomic E-state index is 12.7. The third-order valence-corrected chi connectivity index (χ3v) is 7.35. The number of hydrogen-bond donors (Lipinski definition) is 2. The fourth-order valence-corrected chi connectivity index (χ4v) is 5.59. The first kappa shape index (κ1) is 24.2. The number of fused-ring (bicyclic) bond motifs is 1. The number of nitrogens with zero attached hydrogens (tertiary/aromatic N) is 1. The van der Waals surface area contributed by atoms with Crippen LogP contribution in [0.25, 0.3) is 0 Å². The van der Waals surface area contributed by atoms with Gasteiger partial charge in [-0.05, 0) is 49.7 Å². The molecule has 2 N–H and O–H groups in total. The van der Waals surface area contributed by atoms with Crippen LogP contribution in [0.5, 0.6) is 23.0 Å². The molecule has 2 atom stereocenters. The minimum absolute atomic E-state index is 0.00532. The minimum Gasteiger partial charge on any atom is -0.504 e. The molecule has 1 fully saturated rings. The van der Waals surface area contributed by atoms with E-state index in [1.54, 1.807) is 0 Å². The fraction of sp³-hybridized carbons (Fsp3) is 0.519. The molecular formula is C27H35NO6. The van der Waals surface area contributed by atoms with Crippen LogP contribution in [0.15, 0.2) is 24.3 Å². The number of benzene rings is 2. The summed E-state index contributed by atoms with van der Waals surface area (Å²) in [7, 11) is 2.90. The number of phenolic OH excluding ortho intramolecular Hbond substituents is 2. The number of morpholine rings is 1. The van der Waals surface area contributed by atoms with E-state index < -0.39 is 0 Å². The number of carbonyl (C=O) groups is 1. The second-order valence-electron chi connectivity index (χ2n) is 9.16. The normalized spacial score (nSPS) is 20.0. The van der Waals surface area contributed by atoms with Crippen LogP contribution in [0.2, 0.25) is 0 Å². The van der Waals surface area contributed by atoms with E-state index in [2.05, 4.69) is 12.1 Å². The summed E-state index contributed by atoms with van der Waals surface area (Å²) in [4.78, 5) is 14.6. The molecule has 1 aliphatic heterocycles. The highest BCUT2D eigenvalue weighted by Crippen LogP contribution is 2.55. The molecule has 2 aromatic rings. The van der Waals surface area contributed by atoms with Crippen molar-refractivity contribution in [1.82, 2.24) is 4.90 Å². The molecule has 2 unspecified atom stereocenters. The lowest BCUT2D eigenvalue weighted by Gasteiger charge is -2.36. The Kier molecular flexibility index (Phi) is 7.51. The lowest BCUT2D eigenvalue weighted by Crippen LogP contribution is -2.40. The topological polar surface area (TPSA) is 88.5 Å². The smallest absolute Gasteiger partial charge is 0.222 e. The summed E-state index contributed by atoms with van der Waals surface area (Å²) in [5.41, 5.74) is 3.67. The van der Waals surface area contributed by atoms with Gasteiger partial charge in [0.05, 0.1) is 27.4 Å². The maximum atomic E-state index is 12.7. The monoisotopic (exact) mass is 469 g/mol. The molecule has 2 aliphatic rings. The van der Waals surface area contributed by atoms with Gasteiger partial charge in [-0.3, -0.25) is 4.79 Å². The molecule has 1 saturated heterocycles. The first-order valence-electron chi connectivity index (χ1n) is 12.1. The van der Waals surface area contributed by atoms with E-state index in [0.717, 1.165) is 31.2 Å². The number of amides is 1. The van der Waals surface area contributed by atoms with E-state index in [0.29, 0.717) is 43.9 Å². The Morgan fingerprint density at radius 2 is 1.76 bits per heavy atom. The minimum atomic E-state index is -0.117. The molecule has 7 heteroatoms. The van der Waals surface area contributed by atoms with Gasteiger partial charge in [0.15, 0.2) is 11.5 Å². The molecule has 0 saturated carbocycles. The standard InChI is InChI=1S/C27H35NO6/c1-17-22(25(31)27(33-3)26(32-2)24(17)30)23-19(12-11-18-7-4-5-9-20(18)23)8-6-10-21(29)28-13-15-34-16-14-28/h4-5,7,9,19,23,30-31H,6,8,10-16H2,1-3H3. The van der Waals surface area contributed by atoms with Crippen LogP contribution in [0, 0.1) is 12.8 Å². The Morgan fingerprint density at radius 1 is 1.09 bits per heavy atom. The van der Waals surface area contributed by atoms with Gasteiger partial charge in [0.25, 0.3) is 0 Å². The molecule has 1 heterocycles. The van der Waals surface area contributed by atoms with E-state index in [1.165, 1.54) is 19.8 Å². The number of hydrogen-bond acceptors (Lipinski definition) is 6. The zero-order chi connectivity index (χ0) is 24.2. The Bertz CT molecular complexity index is 1030.